The molecule has 0 radical (unpaired) electrons. The minimum atomic E-state index is -1.01. The fourth-order valence-corrected chi connectivity index (χ4v) is 2.21. The summed E-state index contributed by atoms with van der Waals surface area (Å²) in [6.45, 7) is 0. The third-order valence-corrected chi connectivity index (χ3v) is 3.40. The molecule has 6 nitrogen and oxygen atoms in total. The summed E-state index contributed by atoms with van der Waals surface area (Å²) in [6.07, 6.45) is 1.14. The predicted molar refractivity (Wildman–Crippen MR) is 88.1 cm³/mol. The molecule has 0 amide bonds. The second-order valence-electron chi connectivity index (χ2n) is 4.53. The normalized spacial score (nSPS) is 10.3. The first-order valence-corrected chi connectivity index (χ1v) is 6.65. The lowest BCUT2D eigenvalue weighted by Crippen LogP contribution is -2.00. The van der Waals surface area contributed by atoms with E-state index in [4.69, 9.17) is 11.6 Å². The van der Waals surface area contributed by atoms with Crippen LogP contribution in [0, 0.1) is 21.7 Å². The van der Waals surface area contributed by atoms with E-state index in [-0.39, 0.29) is 39.8 Å². The van der Waals surface area contributed by atoms with Crippen LogP contribution in [0.3, 0.4) is 0 Å². The van der Waals surface area contributed by atoms with E-state index in [2.05, 4.69) is 15.3 Å². The van der Waals surface area contributed by atoms with Crippen LogP contribution < -0.4 is 5.32 Å². The summed E-state index contributed by atoms with van der Waals surface area (Å²) >= 11 is 5.70. The van der Waals surface area contributed by atoms with Gasteiger partial charge in [-0.3, -0.25) is 10.1 Å². The number of fused-ring (bicyclic) bond motifs is 1. The maximum atomic E-state index is 14.0. The molecule has 3 rings (SSSR count). The minimum absolute atomic E-state index is 0. The van der Waals surface area contributed by atoms with E-state index in [0.717, 1.165) is 18.5 Å². The molecule has 3 aromatic rings. The summed E-state index contributed by atoms with van der Waals surface area (Å²) in [5.41, 5.74) is -0.542. The molecule has 1 heterocycles. The summed E-state index contributed by atoms with van der Waals surface area (Å²) in [6, 6.07) is 6.25. The Kier molecular flexibility index (Phi) is 5.10. The lowest BCUT2D eigenvalue weighted by molar-refractivity contribution is -0.387. The van der Waals surface area contributed by atoms with Gasteiger partial charge in [-0.25, -0.2) is 14.4 Å². The fourth-order valence-electron chi connectivity index (χ4n) is 2.03. The van der Waals surface area contributed by atoms with E-state index >= 15 is 0 Å². The Balaban J connectivity index is 0.00000208. The first kappa shape index (κ1) is 17.8. The number of nitrogens with one attached hydrogen (secondary N) is 1. The highest BCUT2D eigenvalue weighted by Gasteiger charge is 2.18. The summed E-state index contributed by atoms with van der Waals surface area (Å²) in [4.78, 5) is 17.8. The third kappa shape index (κ3) is 3.19. The third-order valence-electron chi connectivity index (χ3n) is 3.11. The molecule has 1 aromatic heterocycles. The Bertz CT molecular complexity index is 940. The van der Waals surface area contributed by atoms with Crippen LogP contribution in [-0.4, -0.2) is 14.9 Å². The van der Waals surface area contributed by atoms with Crippen molar-refractivity contribution in [1.82, 2.24) is 9.97 Å². The van der Waals surface area contributed by atoms with Gasteiger partial charge in [-0.05, 0) is 12.1 Å². The van der Waals surface area contributed by atoms with Gasteiger partial charge in [0.2, 0.25) is 5.82 Å². The molecule has 0 bridgehead atoms. The van der Waals surface area contributed by atoms with E-state index in [9.17, 15) is 18.9 Å². The van der Waals surface area contributed by atoms with Gasteiger partial charge in [0.1, 0.15) is 12.1 Å². The zero-order chi connectivity index (χ0) is 16.6. The quantitative estimate of drug-likeness (QED) is 0.535. The number of nitrogens with zero attached hydrogens (tertiary/aromatic N) is 3. The number of benzene rings is 2. The Morgan fingerprint density at radius 3 is 2.67 bits per heavy atom. The Hall–Kier alpha value is -2.58. The molecular weight excluding hydrogens is 365 g/mol. The number of halogens is 4. The predicted octanol–water partition coefficient (Wildman–Crippen LogP) is 4.64. The Morgan fingerprint density at radius 2 is 1.96 bits per heavy atom. The van der Waals surface area contributed by atoms with Crippen LogP contribution in [0.2, 0.25) is 5.02 Å². The van der Waals surface area contributed by atoms with E-state index in [0.29, 0.717) is 0 Å². The standard InChI is InChI=1S/C14H7ClF2N4O2.ClH/c15-8-2-1-3-10(13(8)17)20-14-7-4-12(21(22)23)9(16)5-11(7)18-6-19-14;/h1-6H,(H,18,19,20);1H. The monoisotopic (exact) mass is 372 g/mol. The zero-order valence-electron chi connectivity index (χ0n) is 11.7. The highest BCUT2D eigenvalue weighted by Crippen LogP contribution is 2.30. The molecule has 0 aliphatic rings. The number of nitro benzene ring substituents is 1. The molecule has 2 aromatic carbocycles. The molecule has 0 fully saturated rings. The van der Waals surface area contributed by atoms with Gasteiger partial charge in [0, 0.05) is 12.1 Å². The molecule has 0 saturated heterocycles. The second-order valence-corrected chi connectivity index (χ2v) is 4.93. The number of rotatable bonds is 3. The summed E-state index contributed by atoms with van der Waals surface area (Å²) in [7, 11) is 0. The molecular formula is C14H8Cl2F2N4O2. The minimum Gasteiger partial charge on any atom is -0.337 e. The molecule has 24 heavy (non-hydrogen) atoms. The van der Waals surface area contributed by atoms with Crippen molar-refractivity contribution in [1.29, 1.82) is 0 Å². The molecule has 10 heteroatoms. The first-order valence-electron chi connectivity index (χ1n) is 6.27. The van der Waals surface area contributed by atoms with Crippen molar-refractivity contribution < 1.29 is 13.7 Å². The number of anilines is 2. The SMILES string of the molecule is Cl.O=[N+]([O-])c1cc2c(Nc3cccc(Cl)c3F)ncnc2cc1F. The molecule has 0 aliphatic carbocycles. The van der Waals surface area contributed by atoms with Crippen molar-refractivity contribution in [3.8, 4) is 0 Å². The zero-order valence-corrected chi connectivity index (χ0v) is 13.2. The lowest BCUT2D eigenvalue weighted by Gasteiger charge is -2.10. The molecule has 0 spiro atoms. The van der Waals surface area contributed by atoms with E-state index in [1.54, 1.807) is 0 Å². The maximum Gasteiger partial charge on any atom is 0.305 e. The smallest absolute Gasteiger partial charge is 0.305 e. The molecule has 0 saturated carbocycles. The second kappa shape index (κ2) is 6.90. The van der Waals surface area contributed by atoms with Crippen LogP contribution in [0.4, 0.5) is 26.0 Å². The number of nitro groups is 1. The van der Waals surface area contributed by atoms with Crippen LogP contribution in [0.5, 0.6) is 0 Å². The van der Waals surface area contributed by atoms with Crippen molar-refractivity contribution in [3.63, 3.8) is 0 Å². The van der Waals surface area contributed by atoms with Crippen molar-refractivity contribution in [2.45, 2.75) is 0 Å². The fraction of sp³-hybridized carbons (Fsp3) is 0. The summed E-state index contributed by atoms with van der Waals surface area (Å²) < 4.78 is 27.6. The molecule has 1 N–H and O–H groups in total. The molecule has 0 atom stereocenters. The topological polar surface area (TPSA) is 81.0 Å². The van der Waals surface area contributed by atoms with Crippen LogP contribution in [0.1, 0.15) is 0 Å². The molecule has 0 aliphatic heterocycles. The lowest BCUT2D eigenvalue weighted by atomic mass is 10.2. The van der Waals surface area contributed by atoms with Crippen molar-refractivity contribution in [3.05, 3.63) is 63.4 Å². The summed E-state index contributed by atoms with van der Waals surface area (Å²) in [5, 5.41) is 13.6. The summed E-state index contributed by atoms with van der Waals surface area (Å²) in [5.74, 6) is -1.61. The van der Waals surface area contributed by atoms with Gasteiger partial charge < -0.3 is 5.32 Å². The van der Waals surface area contributed by atoms with E-state index < -0.39 is 22.2 Å². The van der Waals surface area contributed by atoms with Crippen molar-refractivity contribution in [2.75, 3.05) is 5.32 Å². The van der Waals surface area contributed by atoms with Gasteiger partial charge in [0.25, 0.3) is 0 Å². The van der Waals surface area contributed by atoms with E-state index in [1.165, 1.54) is 18.2 Å². The van der Waals surface area contributed by atoms with Gasteiger partial charge in [0.05, 0.1) is 26.5 Å². The number of hydrogen-bond donors (Lipinski definition) is 1. The van der Waals surface area contributed by atoms with Gasteiger partial charge in [-0.15, -0.1) is 12.4 Å². The first-order chi connectivity index (χ1) is 11.0. The Labute approximate surface area is 145 Å². The van der Waals surface area contributed by atoms with Crippen molar-refractivity contribution in [2.24, 2.45) is 0 Å². The average molecular weight is 373 g/mol. The highest BCUT2D eigenvalue weighted by atomic mass is 35.5. The molecule has 124 valence electrons. The van der Waals surface area contributed by atoms with Gasteiger partial charge >= 0.3 is 5.69 Å². The van der Waals surface area contributed by atoms with Crippen LogP contribution in [-0.2, 0) is 0 Å². The Morgan fingerprint density at radius 1 is 1.21 bits per heavy atom. The van der Waals surface area contributed by atoms with Crippen LogP contribution >= 0.6 is 24.0 Å². The van der Waals surface area contributed by atoms with Gasteiger partial charge in [-0.1, -0.05) is 17.7 Å². The van der Waals surface area contributed by atoms with Gasteiger partial charge in [0.15, 0.2) is 5.82 Å². The maximum absolute atomic E-state index is 14.0. The van der Waals surface area contributed by atoms with E-state index in [1.807, 2.05) is 0 Å². The highest BCUT2D eigenvalue weighted by molar-refractivity contribution is 6.31. The number of hydrogen-bond acceptors (Lipinski definition) is 5. The van der Waals surface area contributed by atoms with Gasteiger partial charge in [-0.2, -0.15) is 4.39 Å². The van der Waals surface area contributed by atoms with Crippen LogP contribution in [0.15, 0.2) is 36.7 Å². The van der Waals surface area contributed by atoms with Crippen molar-refractivity contribution >= 4 is 52.1 Å². The molecule has 0 unspecified atom stereocenters. The average Bonchev–Trinajstić information content (AvgIpc) is 2.51. The number of aromatic nitrogens is 2. The largest absolute Gasteiger partial charge is 0.337 e. The van der Waals surface area contributed by atoms with Crippen LogP contribution in [0.25, 0.3) is 10.9 Å².